The molecule has 2 aromatic heterocycles. The number of nitrogens with one attached hydrogen (secondary N) is 1. The normalized spacial score (nSPS) is 19.1. The van der Waals surface area contributed by atoms with Crippen molar-refractivity contribution in [3.63, 3.8) is 0 Å². The molecule has 0 saturated carbocycles. The van der Waals surface area contributed by atoms with Crippen molar-refractivity contribution >= 4 is 33.3 Å². The Balaban J connectivity index is 1.70. The van der Waals surface area contributed by atoms with Gasteiger partial charge in [-0.05, 0) is 48.6 Å². The van der Waals surface area contributed by atoms with Crippen LogP contribution in [-0.4, -0.2) is 35.3 Å². The minimum Gasteiger partial charge on any atom is -0.459 e. The minimum atomic E-state index is -0.0956. The summed E-state index contributed by atoms with van der Waals surface area (Å²) >= 11 is 9.08. The Morgan fingerprint density at radius 1 is 1.18 bits per heavy atom. The highest BCUT2D eigenvalue weighted by molar-refractivity contribution is 9.10. The number of furan rings is 1. The number of halogens is 1. The first-order chi connectivity index (χ1) is 13.7. The van der Waals surface area contributed by atoms with Crippen LogP contribution in [0.3, 0.4) is 0 Å². The maximum Gasteiger partial charge on any atom is 0.170 e. The molecule has 0 bridgehead atoms. The largest absolute Gasteiger partial charge is 0.459 e. The topological polar surface area (TPSA) is 50.5 Å². The van der Waals surface area contributed by atoms with E-state index in [9.17, 15) is 0 Å². The fraction of sp³-hybridized carbons (Fsp3) is 0.238. The predicted molar refractivity (Wildman–Crippen MR) is 116 cm³/mol. The standard InChI is InChI=1S/C21H20BrN3O2S/c1-26-13-12-25-20(19(24-21(25)28)16-4-2-3-11-23-16)18-10-9-17(27-18)14-5-7-15(22)8-6-14/h2-11,19-20H,12-13H2,1H3,(H,24,28)/t19-,20-/m1/s1. The van der Waals surface area contributed by atoms with Crippen LogP contribution < -0.4 is 5.32 Å². The van der Waals surface area contributed by atoms with Crippen LogP contribution in [0.15, 0.2) is 69.7 Å². The van der Waals surface area contributed by atoms with Crippen LogP contribution in [0, 0.1) is 0 Å². The first-order valence-corrected chi connectivity index (χ1v) is 10.2. The van der Waals surface area contributed by atoms with E-state index in [4.69, 9.17) is 21.4 Å². The molecule has 0 radical (unpaired) electrons. The summed E-state index contributed by atoms with van der Waals surface area (Å²) in [6, 6.07) is 17.8. The van der Waals surface area contributed by atoms with E-state index in [0.29, 0.717) is 18.3 Å². The lowest BCUT2D eigenvalue weighted by molar-refractivity contribution is 0.158. The number of pyridine rings is 1. The van der Waals surface area contributed by atoms with Crippen LogP contribution in [0.5, 0.6) is 0 Å². The lowest BCUT2D eigenvalue weighted by Gasteiger charge is -2.25. The van der Waals surface area contributed by atoms with E-state index in [0.717, 1.165) is 27.3 Å². The molecule has 4 rings (SSSR count). The van der Waals surface area contributed by atoms with Gasteiger partial charge in [0.15, 0.2) is 5.11 Å². The number of nitrogens with zero attached hydrogens (tertiary/aromatic N) is 2. The van der Waals surface area contributed by atoms with E-state index >= 15 is 0 Å². The van der Waals surface area contributed by atoms with Gasteiger partial charge in [0, 0.05) is 29.9 Å². The van der Waals surface area contributed by atoms with Crippen LogP contribution >= 0.6 is 28.1 Å². The molecule has 1 fully saturated rings. The van der Waals surface area contributed by atoms with Crippen molar-refractivity contribution in [2.75, 3.05) is 20.3 Å². The smallest absolute Gasteiger partial charge is 0.170 e. The summed E-state index contributed by atoms with van der Waals surface area (Å²) in [5.74, 6) is 1.67. The molecule has 28 heavy (non-hydrogen) atoms. The van der Waals surface area contributed by atoms with Crippen molar-refractivity contribution < 1.29 is 9.15 Å². The Morgan fingerprint density at radius 3 is 2.71 bits per heavy atom. The van der Waals surface area contributed by atoms with Gasteiger partial charge >= 0.3 is 0 Å². The van der Waals surface area contributed by atoms with Gasteiger partial charge in [0.1, 0.15) is 17.6 Å². The summed E-state index contributed by atoms with van der Waals surface area (Å²) in [6.07, 6.45) is 1.80. The fourth-order valence-electron chi connectivity index (χ4n) is 3.43. The first-order valence-electron chi connectivity index (χ1n) is 9.00. The van der Waals surface area contributed by atoms with Gasteiger partial charge in [0.05, 0.1) is 18.3 Å². The van der Waals surface area contributed by atoms with Gasteiger partial charge in [-0.3, -0.25) is 4.98 Å². The third-order valence-corrected chi connectivity index (χ3v) is 5.66. The zero-order valence-electron chi connectivity index (χ0n) is 15.3. The predicted octanol–water partition coefficient (Wildman–Crippen LogP) is 4.72. The third kappa shape index (κ3) is 3.83. The number of methoxy groups -OCH3 is 1. The molecule has 0 aliphatic carbocycles. The summed E-state index contributed by atoms with van der Waals surface area (Å²) in [5.41, 5.74) is 1.96. The maximum atomic E-state index is 6.28. The number of benzene rings is 1. The zero-order valence-corrected chi connectivity index (χ0v) is 17.7. The molecular weight excluding hydrogens is 438 g/mol. The maximum absolute atomic E-state index is 6.28. The summed E-state index contributed by atoms with van der Waals surface area (Å²) in [7, 11) is 1.69. The van der Waals surface area contributed by atoms with E-state index in [2.05, 4.69) is 31.1 Å². The molecule has 3 heterocycles. The number of aromatic nitrogens is 1. The van der Waals surface area contributed by atoms with Gasteiger partial charge in [-0.25, -0.2) is 0 Å². The number of hydrogen-bond acceptors (Lipinski definition) is 4. The van der Waals surface area contributed by atoms with Crippen molar-refractivity contribution in [3.8, 4) is 11.3 Å². The van der Waals surface area contributed by atoms with E-state index in [-0.39, 0.29) is 12.1 Å². The Kier molecular flexibility index (Phi) is 5.75. The molecule has 1 saturated heterocycles. The SMILES string of the molecule is COCCN1C(=S)N[C@H](c2ccccn2)[C@H]1c1ccc(-c2ccc(Br)cc2)o1. The van der Waals surface area contributed by atoms with Crippen molar-refractivity contribution in [3.05, 3.63) is 76.7 Å². The Hall–Kier alpha value is -2.22. The molecule has 1 N–H and O–H groups in total. The quantitative estimate of drug-likeness (QED) is 0.540. The van der Waals surface area contributed by atoms with Crippen molar-refractivity contribution in [1.82, 2.24) is 15.2 Å². The molecule has 144 valence electrons. The second-order valence-electron chi connectivity index (χ2n) is 6.52. The van der Waals surface area contributed by atoms with E-state index < -0.39 is 0 Å². The van der Waals surface area contributed by atoms with Gasteiger partial charge in [-0.1, -0.05) is 34.1 Å². The third-order valence-electron chi connectivity index (χ3n) is 4.78. The number of hydrogen-bond donors (Lipinski definition) is 1. The second kappa shape index (κ2) is 8.43. The average molecular weight is 458 g/mol. The monoisotopic (exact) mass is 457 g/mol. The molecule has 5 nitrogen and oxygen atoms in total. The van der Waals surface area contributed by atoms with Crippen LogP contribution in [0.4, 0.5) is 0 Å². The van der Waals surface area contributed by atoms with Crippen molar-refractivity contribution in [2.24, 2.45) is 0 Å². The molecule has 1 aliphatic rings. The molecule has 2 atom stereocenters. The van der Waals surface area contributed by atoms with Crippen molar-refractivity contribution in [2.45, 2.75) is 12.1 Å². The van der Waals surface area contributed by atoms with Crippen LogP contribution in [-0.2, 0) is 4.74 Å². The van der Waals surface area contributed by atoms with Crippen LogP contribution in [0.1, 0.15) is 23.5 Å². The average Bonchev–Trinajstić information content (AvgIpc) is 3.32. The second-order valence-corrected chi connectivity index (χ2v) is 7.82. The summed E-state index contributed by atoms with van der Waals surface area (Å²) in [4.78, 5) is 6.65. The lowest BCUT2D eigenvalue weighted by atomic mass is 10.0. The number of thiocarbonyl (C=S) groups is 1. The Labute approximate surface area is 177 Å². The van der Waals surface area contributed by atoms with Gasteiger partial charge in [-0.15, -0.1) is 0 Å². The van der Waals surface area contributed by atoms with E-state index in [1.165, 1.54) is 0 Å². The van der Waals surface area contributed by atoms with Gasteiger partial charge < -0.3 is 19.4 Å². The minimum absolute atomic E-state index is 0.0885. The molecule has 1 aliphatic heterocycles. The molecule has 3 aromatic rings. The molecule has 0 amide bonds. The van der Waals surface area contributed by atoms with E-state index in [1.807, 2.05) is 54.6 Å². The highest BCUT2D eigenvalue weighted by atomic mass is 79.9. The highest BCUT2D eigenvalue weighted by Gasteiger charge is 2.41. The summed E-state index contributed by atoms with van der Waals surface area (Å²) in [5, 5.41) is 4.09. The van der Waals surface area contributed by atoms with Crippen LogP contribution in [0.2, 0.25) is 0 Å². The Morgan fingerprint density at radius 2 is 2.00 bits per heavy atom. The molecular formula is C21H20BrN3O2S. The summed E-state index contributed by atoms with van der Waals surface area (Å²) in [6.45, 7) is 1.25. The number of ether oxygens (including phenoxy) is 1. The zero-order chi connectivity index (χ0) is 19.5. The Bertz CT molecular complexity index is 946. The van der Waals surface area contributed by atoms with Gasteiger partial charge in [0.25, 0.3) is 0 Å². The van der Waals surface area contributed by atoms with E-state index in [1.54, 1.807) is 13.3 Å². The van der Waals surface area contributed by atoms with Gasteiger partial charge in [0.2, 0.25) is 0 Å². The lowest BCUT2D eigenvalue weighted by Crippen LogP contribution is -2.32. The fourth-order valence-corrected chi connectivity index (χ4v) is 4.02. The molecule has 0 spiro atoms. The molecule has 1 aromatic carbocycles. The molecule has 0 unspecified atom stereocenters. The van der Waals surface area contributed by atoms with Gasteiger partial charge in [-0.2, -0.15) is 0 Å². The first kappa shape index (κ1) is 19.1. The molecule has 7 heteroatoms. The van der Waals surface area contributed by atoms with Crippen molar-refractivity contribution in [1.29, 1.82) is 0 Å². The summed E-state index contributed by atoms with van der Waals surface area (Å²) < 4.78 is 12.6. The number of rotatable bonds is 6. The highest BCUT2D eigenvalue weighted by Crippen LogP contribution is 2.40. The van der Waals surface area contributed by atoms with Crippen LogP contribution in [0.25, 0.3) is 11.3 Å².